The van der Waals surface area contributed by atoms with Gasteiger partial charge in [0.05, 0.1) is 28.4 Å². The second kappa shape index (κ2) is 21.3. The van der Waals surface area contributed by atoms with Crippen LogP contribution in [0.5, 0.6) is 11.5 Å². The summed E-state index contributed by atoms with van der Waals surface area (Å²) in [7, 11) is -7.44. The molecule has 0 bridgehead atoms. The summed E-state index contributed by atoms with van der Waals surface area (Å²) in [5.41, 5.74) is -1.43. The minimum atomic E-state index is -6.04. The number of carbonyl (C=O) groups excluding carboxylic acids is 1. The third-order valence-electron chi connectivity index (χ3n) is 12.6. The molecule has 70 heavy (non-hydrogen) atoms. The van der Waals surface area contributed by atoms with Crippen molar-refractivity contribution in [1.29, 1.82) is 0 Å². The number of amides is 1. The van der Waals surface area contributed by atoms with Crippen molar-refractivity contribution in [1.82, 2.24) is 29.8 Å². The van der Waals surface area contributed by atoms with Crippen LogP contribution in [0, 0.1) is 5.92 Å². The topological polar surface area (TPSA) is 189 Å². The number of nitrogens with zero attached hydrogens (tertiary/aromatic N) is 4. The third kappa shape index (κ3) is 11.7. The van der Waals surface area contributed by atoms with Crippen LogP contribution in [0.25, 0.3) is 22.2 Å². The summed E-state index contributed by atoms with van der Waals surface area (Å²) in [6.07, 6.45) is 3.97. The maximum absolute atomic E-state index is 14.0. The quantitative estimate of drug-likeness (QED) is 0.0557. The van der Waals surface area contributed by atoms with E-state index in [-0.39, 0.29) is 29.5 Å². The number of sulfone groups is 1. The zero-order chi connectivity index (χ0) is 49.8. The molecule has 4 heterocycles. The number of anilines is 2. The smallest absolute Gasteiger partial charge is 0.455 e. The van der Waals surface area contributed by atoms with E-state index in [9.17, 15) is 39.9 Å². The van der Waals surface area contributed by atoms with E-state index in [1.807, 2.05) is 33.9 Å². The fourth-order valence-electron chi connectivity index (χ4n) is 8.80. The highest BCUT2D eigenvalue weighted by Crippen LogP contribution is 2.40. The molecule has 2 aliphatic heterocycles. The zero-order valence-corrected chi connectivity index (χ0v) is 40.9. The number of hydrogen-bond donors (Lipinski definition) is 5. The van der Waals surface area contributed by atoms with Crippen LogP contribution in [0.4, 0.5) is 24.5 Å². The summed E-state index contributed by atoms with van der Waals surface area (Å²) >= 11 is 6.25. The second-order valence-corrected chi connectivity index (χ2v) is 21.7. The molecule has 372 valence electrons. The first kappa shape index (κ1) is 50.6. The van der Waals surface area contributed by atoms with E-state index in [0.717, 1.165) is 67.1 Å². The number of aliphatic hydroxyl groups excluding tert-OH is 1. The molecule has 0 spiro atoms. The van der Waals surface area contributed by atoms with E-state index < -0.39 is 52.9 Å². The summed E-state index contributed by atoms with van der Waals surface area (Å²) < 4.78 is 103. The minimum absolute atomic E-state index is 0.0597. The van der Waals surface area contributed by atoms with Crippen LogP contribution in [-0.4, -0.2) is 120 Å². The largest absolute Gasteiger partial charge is 0.501 e. The Morgan fingerprint density at radius 3 is 2.40 bits per heavy atom. The molecule has 2 fully saturated rings. The predicted molar refractivity (Wildman–Crippen MR) is 264 cm³/mol. The van der Waals surface area contributed by atoms with Gasteiger partial charge in [0.15, 0.2) is 0 Å². The molecule has 4 aromatic carbocycles. The van der Waals surface area contributed by atoms with E-state index in [1.165, 1.54) is 12.3 Å². The van der Waals surface area contributed by atoms with Crippen molar-refractivity contribution in [3.63, 3.8) is 0 Å². The lowest BCUT2D eigenvalue weighted by Gasteiger charge is -2.36. The minimum Gasteiger partial charge on any atom is -0.455 e. The van der Waals surface area contributed by atoms with Gasteiger partial charge in [0.25, 0.3) is 25.8 Å². The maximum atomic E-state index is 14.0. The number of aromatic amines is 1. The molecule has 2 saturated heterocycles. The van der Waals surface area contributed by atoms with Crippen LogP contribution in [0.3, 0.4) is 0 Å². The highest BCUT2D eigenvalue weighted by molar-refractivity contribution is 7.92. The van der Waals surface area contributed by atoms with Crippen molar-refractivity contribution in [2.24, 2.45) is 5.92 Å². The lowest BCUT2D eigenvalue weighted by molar-refractivity contribution is -0.0435. The summed E-state index contributed by atoms with van der Waals surface area (Å²) in [5, 5.41) is 19.5. The Bertz CT molecular complexity index is 3050. The number of sulfonamides is 1. The van der Waals surface area contributed by atoms with Crippen LogP contribution >= 0.6 is 11.6 Å². The average Bonchev–Trinajstić information content (AvgIpc) is 3.81. The van der Waals surface area contributed by atoms with Crippen molar-refractivity contribution in [2.45, 2.75) is 47.2 Å². The van der Waals surface area contributed by atoms with Gasteiger partial charge in [0.2, 0.25) is 0 Å². The molecule has 0 aliphatic carbocycles. The number of carbonyl (C=O) groups is 1. The second-order valence-electron chi connectivity index (χ2n) is 17.7. The molecule has 0 saturated carbocycles. The Hall–Kier alpha value is -5.74. The van der Waals surface area contributed by atoms with Crippen LogP contribution in [-0.2, 0) is 26.4 Å². The first-order valence-electron chi connectivity index (χ1n) is 22.8. The van der Waals surface area contributed by atoms with Crippen molar-refractivity contribution in [2.75, 3.05) is 76.7 Å². The molecule has 2 aromatic heterocycles. The molecular weight excluding hydrogens is 969 g/mol. The molecule has 6 aromatic rings. The van der Waals surface area contributed by atoms with E-state index in [2.05, 4.69) is 48.6 Å². The molecule has 2 aliphatic rings. The average molecular weight is 1020 g/mol. The molecule has 1 atom stereocenters. The van der Waals surface area contributed by atoms with Gasteiger partial charge in [-0.25, -0.2) is 26.5 Å². The SMILES string of the molecule is CN(C)CCCNc1ccc(S(=O)(=O)NC(=O)c2ccc(N3CCC(C(O)c4cc(CN5CCNCC5)ccc4-c4ccc(Cl)cc4)CC3)cc2Oc2cnc3[nH]ccc3c2)cc1S(=O)(=O)C(F)(F)F. The number of nitrogens with one attached hydrogen (secondary N) is 4. The summed E-state index contributed by atoms with van der Waals surface area (Å²) in [6, 6.07) is 24.1. The fraction of sp³-hybridized carbons (Fsp3) is 0.347. The number of aromatic nitrogens is 2. The molecule has 0 radical (unpaired) electrons. The van der Waals surface area contributed by atoms with Gasteiger partial charge < -0.3 is 35.3 Å². The molecule has 15 nitrogen and oxygen atoms in total. The van der Waals surface area contributed by atoms with E-state index in [1.54, 1.807) is 44.6 Å². The number of halogens is 4. The van der Waals surface area contributed by atoms with Gasteiger partial charge in [-0.2, -0.15) is 13.2 Å². The number of rotatable bonds is 17. The summed E-state index contributed by atoms with van der Waals surface area (Å²) in [4.78, 5) is 25.5. The molecule has 5 N–H and O–H groups in total. The Morgan fingerprint density at radius 2 is 1.69 bits per heavy atom. The molecule has 21 heteroatoms. The van der Waals surface area contributed by atoms with Gasteiger partial charge in [0, 0.05) is 80.7 Å². The number of alkyl halides is 3. The highest BCUT2D eigenvalue weighted by Gasteiger charge is 2.48. The number of piperidine rings is 1. The third-order valence-corrected chi connectivity index (χ3v) is 15.7. The van der Waals surface area contributed by atoms with Gasteiger partial charge in [-0.3, -0.25) is 9.69 Å². The molecule has 1 amide bonds. The number of aliphatic hydroxyl groups is 1. The number of H-pyrrole nitrogens is 1. The molecular formula is C49H54ClF3N8O7S2. The molecule has 1 unspecified atom stereocenters. The van der Waals surface area contributed by atoms with Crippen LogP contribution < -0.4 is 25.0 Å². The van der Waals surface area contributed by atoms with Crippen molar-refractivity contribution < 1.29 is 44.6 Å². The monoisotopic (exact) mass is 1020 g/mol. The van der Waals surface area contributed by atoms with Gasteiger partial charge >= 0.3 is 5.51 Å². The summed E-state index contributed by atoms with van der Waals surface area (Å²) in [6.45, 7) is 6.11. The predicted octanol–water partition coefficient (Wildman–Crippen LogP) is 7.81. The first-order chi connectivity index (χ1) is 33.4. The first-order valence-corrected chi connectivity index (χ1v) is 26.1. The number of pyridine rings is 1. The van der Waals surface area contributed by atoms with E-state index in [4.69, 9.17) is 16.3 Å². The zero-order valence-electron chi connectivity index (χ0n) is 38.5. The number of benzene rings is 4. The lowest BCUT2D eigenvalue weighted by Crippen LogP contribution is -2.42. The van der Waals surface area contributed by atoms with Gasteiger partial charge in [-0.1, -0.05) is 41.9 Å². The highest BCUT2D eigenvalue weighted by atomic mass is 35.5. The number of ether oxygens (including phenoxy) is 1. The van der Waals surface area contributed by atoms with Crippen LogP contribution in [0.1, 0.15) is 46.9 Å². The van der Waals surface area contributed by atoms with E-state index >= 15 is 0 Å². The number of piperazine rings is 1. The Kier molecular flexibility index (Phi) is 15.4. The Labute approximate surface area is 410 Å². The van der Waals surface area contributed by atoms with Crippen molar-refractivity contribution in [3.05, 3.63) is 125 Å². The standard InChI is InChI=1S/C49H54ClF3N8O7S2/c1-59(2)21-3-17-55-43-13-10-39(29-45(43)69(64,65)49(51,52)53)70(66,67)58-48(63)41-12-9-37(28-44(41)68-38-27-35-14-18-56-47(35)57-30-38)61-22-15-34(16-23-61)46(62)42-26-32(31-60-24-19-54-20-25-60)4-11-40(42)33-5-7-36(50)8-6-33/h4-14,18,26-30,34,46,54-55,62H,3,15-17,19-25,31H2,1-2H3,(H,56,57)(H,58,63). The van der Waals surface area contributed by atoms with E-state index in [0.29, 0.717) is 66.7 Å². The van der Waals surface area contributed by atoms with Crippen molar-refractivity contribution >= 4 is 59.8 Å². The Balaban J connectivity index is 1.04. The lowest BCUT2D eigenvalue weighted by atomic mass is 9.83. The number of hydrogen-bond acceptors (Lipinski definition) is 13. The van der Waals surface area contributed by atoms with Gasteiger partial charge in [-0.05, 0) is 123 Å². The fourth-order valence-corrected chi connectivity index (χ4v) is 11.0. The van der Waals surface area contributed by atoms with Gasteiger partial charge in [-0.15, -0.1) is 0 Å². The summed E-state index contributed by atoms with van der Waals surface area (Å²) in [5.74, 6) is -1.15. The maximum Gasteiger partial charge on any atom is 0.501 e. The molecule has 8 rings (SSSR count). The normalized spacial score (nSPS) is 15.9. The van der Waals surface area contributed by atoms with Gasteiger partial charge in [0.1, 0.15) is 22.0 Å². The Morgan fingerprint density at radius 1 is 0.943 bits per heavy atom. The number of fused-ring (bicyclic) bond motifs is 1. The van der Waals surface area contributed by atoms with Crippen molar-refractivity contribution in [3.8, 4) is 22.6 Å². The van der Waals surface area contributed by atoms with Crippen LogP contribution in [0.2, 0.25) is 5.02 Å². The van der Waals surface area contributed by atoms with Crippen LogP contribution in [0.15, 0.2) is 113 Å².